The van der Waals surface area contributed by atoms with E-state index in [1.807, 2.05) is 0 Å². The lowest BCUT2D eigenvalue weighted by Crippen LogP contribution is -2.61. The first-order chi connectivity index (χ1) is 11.2. The van der Waals surface area contributed by atoms with Crippen molar-refractivity contribution in [2.75, 3.05) is 6.61 Å². The zero-order valence-corrected chi connectivity index (χ0v) is 16.1. The number of carbonyl (C=O) groups is 1. The van der Waals surface area contributed by atoms with Gasteiger partial charge in [0, 0.05) is 17.9 Å². The van der Waals surface area contributed by atoms with Crippen molar-refractivity contribution in [1.82, 2.24) is 0 Å². The predicted molar refractivity (Wildman–Crippen MR) is 95.4 cm³/mol. The maximum absolute atomic E-state index is 13.4. The Morgan fingerprint density at radius 1 is 1.17 bits per heavy atom. The average molecular weight is 337 g/mol. The van der Waals surface area contributed by atoms with Crippen LogP contribution in [0.2, 0.25) is 0 Å². The van der Waals surface area contributed by atoms with Crippen molar-refractivity contribution in [2.24, 2.45) is 39.9 Å². The lowest BCUT2D eigenvalue weighted by Gasteiger charge is -2.61. The van der Waals surface area contributed by atoms with Crippen molar-refractivity contribution in [3.05, 3.63) is 0 Å². The molecule has 0 aromatic rings. The van der Waals surface area contributed by atoms with Gasteiger partial charge in [-0.15, -0.1) is 0 Å². The third kappa shape index (κ3) is 2.13. The molecule has 2 N–H and O–H groups in total. The number of carbonyl (C=O) groups excluding carboxylic acids is 1. The minimum Gasteiger partial charge on any atom is -0.396 e. The normalized spacial score (nSPS) is 55.0. The van der Waals surface area contributed by atoms with Crippen LogP contribution in [0.25, 0.3) is 0 Å². The molecule has 3 aliphatic rings. The Balaban J connectivity index is 2.19. The third-order valence-electron chi connectivity index (χ3n) is 9.07. The molecule has 0 amide bonds. The van der Waals surface area contributed by atoms with E-state index in [2.05, 4.69) is 34.6 Å². The van der Waals surface area contributed by atoms with Crippen molar-refractivity contribution in [3.63, 3.8) is 0 Å². The first-order valence-corrected chi connectivity index (χ1v) is 10.0. The topological polar surface area (TPSA) is 57.5 Å². The molecule has 138 valence electrons. The summed E-state index contributed by atoms with van der Waals surface area (Å²) in [4.78, 5) is 13.4. The van der Waals surface area contributed by atoms with Crippen molar-refractivity contribution in [3.8, 4) is 0 Å². The quantitative estimate of drug-likeness (QED) is 0.806. The van der Waals surface area contributed by atoms with Gasteiger partial charge in [0.1, 0.15) is 5.78 Å². The van der Waals surface area contributed by atoms with Crippen LogP contribution in [-0.4, -0.2) is 28.7 Å². The summed E-state index contributed by atoms with van der Waals surface area (Å²) in [5.41, 5.74) is -0.649. The SMILES string of the molecule is CC[C@]1(C)C[C@@H](O)[C@@]2(C)C3[C@H](CO)CC[C@]3(CC[C@H]2C)[C@@H](C)C1=O. The highest BCUT2D eigenvalue weighted by atomic mass is 16.3. The Morgan fingerprint density at radius 2 is 1.79 bits per heavy atom. The second kappa shape index (κ2) is 5.81. The zero-order valence-electron chi connectivity index (χ0n) is 16.1. The van der Waals surface area contributed by atoms with Crippen molar-refractivity contribution < 1.29 is 15.0 Å². The molecule has 0 aliphatic heterocycles. The lowest BCUT2D eigenvalue weighted by atomic mass is 9.43. The van der Waals surface area contributed by atoms with Gasteiger partial charge >= 0.3 is 0 Å². The predicted octanol–water partition coefficient (Wildman–Crippen LogP) is 3.81. The van der Waals surface area contributed by atoms with E-state index in [-0.39, 0.29) is 35.2 Å². The van der Waals surface area contributed by atoms with E-state index in [4.69, 9.17) is 0 Å². The smallest absolute Gasteiger partial charge is 0.142 e. The van der Waals surface area contributed by atoms with Crippen LogP contribution in [0, 0.1) is 39.9 Å². The standard InChI is InChI=1S/C21H36O3/c1-6-19(4)11-16(23)20(5)13(2)7-9-21(14(3)18(19)24)10-8-15(12-22)17(20)21/h13-17,22-23H,6-12H2,1-5H3/t13-,14+,15+,16-,17?,19-,20+,21-/m1/s1. The van der Waals surface area contributed by atoms with Gasteiger partial charge in [-0.05, 0) is 67.1 Å². The monoisotopic (exact) mass is 336 g/mol. The number of hydrogen-bond acceptors (Lipinski definition) is 3. The Bertz CT molecular complexity index is 517. The number of rotatable bonds is 2. The Hall–Kier alpha value is -0.410. The molecule has 0 heterocycles. The summed E-state index contributed by atoms with van der Waals surface area (Å²) in [7, 11) is 0. The van der Waals surface area contributed by atoms with Crippen LogP contribution in [-0.2, 0) is 4.79 Å². The molecule has 3 aliphatic carbocycles. The minimum atomic E-state index is -0.467. The fraction of sp³-hybridized carbons (Fsp3) is 0.952. The number of Topliss-reactive ketones (excluding diaryl/α,β-unsaturated/α-hetero) is 1. The second-order valence-electron chi connectivity index (χ2n) is 9.72. The largest absolute Gasteiger partial charge is 0.396 e. The van der Waals surface area contributed by atoms with Crippen LogP contribution >= 0.6 is 0 Å². The molecule has 3 nitrogen and oxygen atoms in total. The van der Waals surface area contributed by atoms with E-state index < -0.39 is 11.5 Å². The maximum Gasteiger partial charge on any atom is 0.142 e. The molecular weight excluding hydrogens is 300 g/mol. The highest BCUT2D eigenvalue weighted by molar-refractivity contribution is 5.87. The molecule has 0 saturated heterocycles. The number of hydrogen-bond donors (Lipinski definition) is 2. The molecule has 0 aromatic carbocycles. The van der Waals surface area contributed by atoms with E-state index in [1.165, 1.54) is 0 Å². The third-order valence-corrected chi connectivity index (χ3v) is 9.07. The first kappa shape index (κ1) is 18.4. The van der Waals surface area contributed by atoms with Gasteiger partial charge in [0.15, 0.2) is 0 Å². The van der Waals surface area contributed by atoms with Crippen LogP contribution in [0.3, 0.4) is 0 Å². The summed E-state index contributed by atoms with van der Waals surface area (Å²) in [6.45, 7) is 11.0. The van der Waals surface area contributed by atoms with Gasteiger partial charge in [0.25, 0.3) is 0 Å². The number of ketones is 1. The van der Waals surface area contributed by atoms with Crippen LogP contribution in [0.5, 0.6) is 0 Å². The van der Waals surface area contributed by atoms with Gasteiger partial charge in [-0.2, -0.15) is 0 Å². The molecule has 8 atom stereocenters. The fourth-order valence-electron chi connectivity index (χ4n) is 7.04. The van der Waals surface area contributed by atoms with E-state index >= 15 is 0 Å². The highest BCUT2D eigenvalue weighted by Gasteiger charge is 2.66. The molecule has 0 spiro atoms. The summed E-state index contributed by atoms with van der Waals surface area (Å²) >= 11 is 0. The van der Waals surface area contributed by atoms with Gasteiger partial charge in [0.2, 0.25) is 0 Å². The Labute approximate surface area is 147 Å². The molecular formula is C21H36O3. The number of aliphatic hydroxyl groups excluding tert-OH is 2. The summed E-state index contributed by atoms with van der Waals surface area (Å²) < 4.78 is 0. The van der Waals surface area contributed by atoms with Crippen LogP contribution in [0.1, 0.15) is 73.1 Å². The summed E-state index contributed by atoms with van der Waals surface area (Å²) in [6.07, 6.45) is 5.08. The van der Waals surface area contributed by atoms with E-state index in [9.17, 15) is 15.0 Å². The Morgan fingerprint density at radius 3 is 2.38 bits per heavy atom. The molecule has 0 aromatic heterocycles. The summed E-state index contributed by atoms with van der Waals surface area (Å²) in [5.74, 6) is 1.30. The molecule has 24 heavy (non-hydrogen) atoms. The first-order valence-electron chi connectivity index (χ1n) is 10.0. The van der Waals surface area contributed by atoms with Crippen molar-refractivity contribution in [1.29, 1.82) is 0 Å². The van der Waals surface area contributed by atoms with Crippen LogP contribution in [0.15, 0.2) is 0 Å². The van der Waals surface area contributed by atoms with Crippen LogP contribution in [0.4, 0.5) is 0 Å². The highest BCUT2D eigenvalue weighted by Crippen LogP contribution is 2.69. The molecule has 3 heteroatoms. The van der Waals surface area contributed by atoms with Gasteiger partial charge in [-0.3, -0.25) is 4.79 Å². The van der Waals surface area contributed by atoms with Crippen molar-refractivity contribution >= 4 is 5.78 Å². The fourth-order valence-corrected chi connectivity index (χ4v) is 7.04. The Kier molecular flexibility index (Phi) is 4.45. The van der Waals surface area contributed by atoms with E-state index in [1.54, 1.807) is 0 Å². The second-order valence-corrected chi connectivity index (χ2v) is 9.72. The van der Waals surface area contributed by atoms with E-state index in [0.717, 1.165) is 32.1 Å². The van der Waals surface area contributed by atoms with Crippen LogP contribution < -0.4 is 0 Å². The maximum atomic E-state index is 13.4. The minimum absolute atomic E-state index is 0.0242. The lowest BCUT2D eigenvalue weighted by molar-refractivity contribution is -0.184. The molecule has 3 fully saturated rings. The van der Waals surface area contributed by atoms with Gasteiger partial charge in [-0.1, -0.05) is 34.6 Å². The van der Waals surface area contributed by atoms with Gasteiger partial charge in [0.05, 0.1) is 6.10 Å². The summed E-state index contributed by atoms with van der Waals surface area (Å²) in [5, 5.41) is 21.4. The molecule has 1 unspecified atom stereocenters. The molecule has 3 saturated carbocycles. The number of aliphatic hydroxyl groups is 2. The molecule has 2 bridgehead atoms. The molecule has 0 radical (unpaired) electrons. The van der Waals surface area contributed by atoms with Gasteiger partial charge < -0.3 is 10.2 Å². The van der Waals surface area contributed by atoms with Gasteiger partial charge in [-0.25, -0.2) is 0 Å². The van der Waals surface area contributed by atoms with Crippen molar-refractivity contribution in [2.45, 2.75) is 79.2 Å². The molecule has 3 rings (SSSR count). The van der Waals surface area contributed by atoms with E-state index in [0.29, 0.717) is 18.1 Å². The average Bonchev–Trinajstić information content (AvgIpc) is 2.96. The summed E-state index contributed by atoms with van der Waals surface area (Å²) in [6, 6.07) is 0. The zero-order chi connectivity index (χ0) is 17.9.